The number of nitrogens with two attached hydrogens (primary N) is 1. The van der Waals surface area contributed by atoms with Crippen LogP contribution >= 0.6 is 0 Å². The number of amides is 2. The highest BCUT2D eigenvalue weighted by Crippen LogP contribution is 2.17. The Kier molecular flexibility index (Phi) is 7.20. The first kappa shape index (κ1) is 22.1. The van der Waals surface area contributed by atoms with Gasteiger partial charge in [0.2, 0.25) is 0 Å². The normalized spacial score (nSPS) is 11.7. The molecule has 0 bridgehead atoms. The third kappa shape index (κ3) is 5.72. The largest absolute Gasteiger partial charge is 0.399 e. The quantitative estimate of drug-likeness (QED) is 0.179. The number of benzene rings is 2. The number of aromatic nitrogens is 3. The van der Waals surface area contributed by atoms with E-state index in [2.05, 4.69) is 44.4 Å². The van der Waals surface area contributed by atoms with E-state index < -0.39 is 23.8 Å². The molecule has 3 aromatic rings. The zero-order valence-corrected chi connectivity index (χ0v) is 17.1. The van der Waals surface area contributed by atoms with E-state index in [0.717, 1.165) is 5.56 Å². The van der Waals surface area contributed by atoms with Gasteiger partial charge in [-0.2, -0.15) is 15.4 Å². The first-order valence-corrected chi connectivity index (χ1v) is 9.56. The maximum Gasteiger partial charge on any atom is 0.266 e. The molecule has 2 aromatic carbocycles. The molecule has 2 amide bonds. The topological polar surface area (TPSA) is 146 Å². The van der Waals surface area contributed by atoms with Gasteiger partial charge in [-0.15, -0.1) is 0 Å². The zero-order valence-electron chi connectivity index (χ0n) is 17.1. The molecule has 0 aliphatic rings. The molecular weight excluding hydrogens is 408 g/mol. The summed E-state index contributed by atoms with van der Waals surface area (Å²) in [7, 11) is 0. The number of anilines is 1. The third-order valence-electron chi connectivity index (χ3n) is 4.61. The second kappa shape index (κ2) is 10.4. The average molecular weight is 428 g/mol. The Hall–Kier alpha value is -4.60. The van der Waals surface area contributed by atoms with Crippen molar-refractivity contribution < 1.29 is 14.8 Å². The van der Waals surface area contributed by atoms with Gasteiger partial charge in [0.15, 0.2) is 0 Å². The van der Waals surface area contributed by atoms with E-state index in [-0.39, 0.29) is 0 Å². The molecule has 9 heteroatoms. The fourth-order valence-corrected chi connectivity index (χ4v) is 2.79. The monoisotopic (exact) mass is 428 g/mol. The van der Waals surface area contributed by atoms with E-state index in [1.54, 1.807) is 48.8 Å². The highest BCUT2D eigenvalue weighted by molar-refractivity contribution is 5.97. The van der Waals surface area contributed by atoms with Gasteiger partial charge < -0.3 is 11.1 Å². The lowest BCUT2D eigenvalue weighted by atomic mass is 9.97. The molecule has 0 saturated carbocycles. The summed E-state index contributed by atoms with van der Waals surface area (Å²) in [4.78, 5) is 24.7. The maximum atomic E-state index is 12.6. The van der Waals surface area contributed by atoms with Crippen LogP contribution in [0.4, 0.5) is 5.69 Å². The highest BCUT2D eigenvalue weighted by Gasteiger charge is 2.29. The Balaban J connectivity index is 1.66. The molecule has 160 valence electrons. The van der Waals surface area contributed by atoms with E-state index in [1.807, 2.05) is 12.1 Å². The van der Waals surface area contributed by atoms with Crippen molar-refractivity contribution in [2.45, 2.75) is 18.9 Å². The molecule has 1 heterocycles. The van der Waals surface area contributed by atoms with Crippen molar-refractivity contribution in [3.8, 4) is 23.7 Å². The van der Waals surface area contributed by atoms with Crippen molar-refractivity contribution >= 4 is 17.5 Å². The molecule has 9 nitrogen and oxygen atoms in total. The predicted molar refractivity (Wildman–Crippen MR) is 117 cm³/mol. The van der Waals surface area contributed by atoms with Crippen molar-refractivity contribution in [1.29, 1.82) is 0 Å². The summed E-state index contributed by atoms with van der Waals surface area (Å²) in [5, 5.41) is 21.7. The molecule has 3 rings (SSSR count). The second-order valence-corrected chi connectivity index (χ2v) is 6.81. The van der Waals surface area contributed by atoms with Crippen LogP contribution in [-0.4, -0.2) is 38.5 Å². The van der Waals surface area contributed by atoms with Gasteiger partial charge in [0.05, 0.1) is 11.9 Å². The molecule has 6 N–H and O–H groups in total. The van der Waals surface area contributed by atoms with Crippen molar-refractivity contribution in [2.24, 2.45) is 0 Å². The number of nitrogens with one attached hydrogen (secondary N) is 3. The first-order valence-electron chi connectivity index (χ1n) is 9.56. The molecule has 0 aliphatic carbocycles. The highest BCUT2D eigenvalue weighted by atomic mass is 16.5. The van der Waals surface area contributed by atoms with Crippen molar-refractivity contribution in [3.63, 3.8) is 0 Å². The summed E-state index contributed by atoms with van der Waals surface area (Å²) in [5.74, 6) is 9.55. The van der Waals surface area contributed by atoms with E-state index in [0.29, 0.717) is 22.5 Å². The molecule has 1 unspecified atom stereocenters. The summed E-state index contributed by atoms with van der Waals surface area (Å²) in [6, 6.07) is 12.6. The number of H-pyrrole nitrogens is 1. The van der Waals surface area contributed by atoms with E-state index >= 15 is 0 Å². The second-order valence-electron chi connectivity index (χ2n) is 6.81. The molecule has 0 fully saturated rings. The van der Waals surface area contributed by atoms with Crippen LogP contribution in [0.2, 0.25) is 0 Å². The third-order valence-corrected chi connectivity index (χ3v) is 4.61. The van der Waals surface area contributed by atoms with E-state index in [1.165, 1.54) is 6.20 Å². The van der Waals surface area contributed by atoms with Gasteiger partial charge in [-0.3, -0.25) is 14.8 Å². The number of hydroxylamine groups is 1. The molecule has 1 aromatic heterocycles. The number of carbonyl (C=O) groups excluding carboxylic acids is 2. The van der Waals surface area contributed by atoms with Crippen LogP contribution < -0.4 is 16.5 Å². The summed E-state index contributed by atoms with van der Waals surface area (Å²) in [6.07, 6.45) is 1.44. The van der Waals surface area contributed by atoms with Gasteiger partial charge >= 0.3 is 0 Å². The van der Waals surface area contributed by atoms with Gasteiger partial charge in [0.1, 0.15) is 6.04 Å². The Morgan fingerprint density at radius 1 is 1.03 bits per heavy atom. The molecule has 2 atom stereocenters. The molecule has 0 spiro atoms. The van der Waals surface area contributed by atoms with Crippen LogP contribution in [-0.2, 0) is 4.79 Å². The van der Waals surface area contributed by atoms with E-state index in [9.17, 15) is 9.59 Å². The number of carbonyl (C=O) groups is 2. The lowest BCUT2D eigenvalue weighted by Crippen LogP contribution is -2.48. The Morgan fingerprint density at radius 3 is 2.16 bits per heavy atom. The minimum Gasteiger partial charge on any atom is -0.399 e. The number of rotatable bonds is 5. The average Bonchev–Trinajstić information content (AvgIpc) is 3.36. The Morgan fingerprint density at radius 2 is 1.62 bits per heavy atom. The minimum atomic E-state index is -1.05. The fourth-order valence-electron chi connectivity index (χ4n) is 2.79. The van der Waals surface area contributed by atoms with Crippen molar-refractivity contribution in [3.05, 3.63) is 77.1 Å². The van der Waals surface area contributed by atoms with Crippen molar-refractivity contribution in [1.82, 2.24) is 26.2 Å². The van der Waals surface area contributed by atoms with Crippen molar-refractivity contribution in [2.75, 3.05) is 5.73 Å². The van der Waals surface area contributed by atoms with Gasteiger partial charge in [0.25, 0.3) is 11.8 Å². The molecule has 0 radical (unpaired) electrons. The fraction of sp³-hybridized carbons (Fsp3) is 0.130. The van der Waals surface area contributed by atoms with Crippen LogP contribution in [0.25, 0.3) is 0 Å². The van der Waals surface area contributed by atoms with Crippen LogP contribution in [0.15, 0.2) is 54.7 Å². The molecule has 0 aliphatic heterocycles. The number of nitrogens with zero attached hydrogens (tertiary/aromatic N) is 2. The van der Waals surface area contributed by atoms with Crippen LogP contribution in [0.3, 0.4) is 0 Å². The summed E-state index contributed by atoms with van der Waals surface area (Å²) in [5.41, 5.74) is 10.1. The van der Waals surface area contributed by atoms with Gasteiger partial charge in [-0.05, 0) is 60.4 Å². The molecular formula is C23H20N6O3. The Labute approximate surface area is 184 Å². The lowest BCUT2D eigenvalue weighted by Gasteiger charge is -2.21. The number of hydrogen-bond acceptors (Lipinski definition) is 6. The van der Waals surface area contributed by atoms with Crippen LogP contribution in [0.5, 0.6) is 0 Å². The van der Waals surface area contributed by atoms with Crippen LogP contribution in [0, 0.1) is 23.7 Å². The molecule has 0 saturated heterocycles. The molecule has 32 heavy (non-hydrogen) atoms. The number of aromatic amines is 1. The number of nitrogen functional groups attached to an aromatic ring is 1. The summed E-state index contributed by atoms with van der Waals surface area (Å²) >= 11 is 0. The summed E-state index contributed by atoms with van der Waals surface area (Å²) < 4.78 is 0. The van der Waals surface area contributed by atoms with Gasteiger partial charge in [-0.1, -0.05) is 18.8 Å². The standard InChI is InChI=1S/C23H20N6O3/c1-15(20-14-25-29-27-20)21(23(31)28-32)26-22(30)18-10-6-16(7-11-18)4-2-3-5-17-8-12-19(24)13-9-17/h6-15,21,32H,24H2,1H3,(H,26,30)(H,28,31)(H,25,27,29)/t15?,21-/m0/s1. The predicted octanol–water partition coefficient (Wildman–Crippen LogP) is 1.20. The lowest BCUT2D eigenvalue weighted by molar-refractivity contribution is -0.131. The Bertz CT molecular complexity index is 1200. The van der Waals surface area contributed by atoms with Gasteiger partial charge in [-0.25, -0.2) is 5.48 Å². The summed E-state index contributed by atoms with van der Waals surface area (Å²) in [6.45, 7) is 1.68. The van der Waals surface area contributed by atoms with E-state index in [4.69, 9.17) is 10.9 Å². The number of hydrogen-bond donors (Lipinski definition) is 5. The zero-order chi connectivity index (χ0) is 22.9. The maximum absolute atomic E-state index is 12.6. The van der Waals surface area contributed by atoms with Gasteiger partial charge in [0, 0.05) is 28.3 Å². The smallest absolute Gasteiger partial charge is 0.266 e. The minimum absolute atomic E-state index is 0.326. The van der Waals surface area contributed by atoms with Crippen LogP contribution in [0.1, 0.15) is 40.0 Å². The SMILES string of the molecule is CC(c1cn[nH]n1)[C@H](NC(=O)c1ccc(C#CC#Cc2ccc(N)cc2)cc1)C(=O)NO. The first-order chi connectivity index (χ1) is 15.5.